The third kappa shape index (κ3) is 45.5. The van der Waals surface area contributed by atoms with Crippen LogP contribution in [0.25, 0.3) is 0 Å². The molecule has 0 saturated heterocycles. The maximum Gasteiger partial charge on any atom is 0.306 e. The standard InChI is InChI=1S/C53H88O6/c1-4-7-10-13-16-19-22-25-27-29-31-34-37-40-43-46-52(55)58-49-50(48-57-51(54)45-42-39-36-33-30-24-21-18-15-12-9-6-3)59-53(56)47-44-41-38-35-32-28-26-23-20-17-14-11-8-5-2/h7-8,10-11,13,16-17,19-20,22,25,27,29,31,50H,4-6,9,12,14-15,18,21,23-24,26,28,30,32-49H2,1-3H3/b10-7-,11-8-,16-13-,20-17-,22-19-,27-25-,31-29-. The first kappa shape index (κ1) is 55.6. The maximum atomic E-state index is 12.8. The van der Waals surface area contributed by atoms with Gasteiger partial charge in [-0.05, 0) is 64.2 Å². The minimum Gasteiger partial charge on any atom is -0.462 e. The molecular formula is C53H88O6. The van der Waals surface area contributed by atoms with Crippen molar-refractivity contribution in [1.29, 1.82) is 0 Å². The number of rotatable bonds is 42. The number of carbonyl (C=O) groups is 3. The second kappa shape index (κ2) is 47.3. The van der Waals surface area contributed by atoms with Gasteiger partial charge in [-0.25, -0.2) is 0 Å². The molecule has 0 saturated carbocycles. The SMILES string of the molecule is CC\C=C/C=C\C=C/C=C\C=C/CCCCCC(=O)OCC(COC(=O)CCCCCCCCCCCCCC)OC(=O)CCCCCCCCC/C=C\C/C=C\CC. The number of hydrogen-bond acceptors (Lipinski definition) is 6. The van der Waals surface area contributed by atoms with Crippen LogP contribution in [0.3, 0.4) is 0 Å². The summed E-state index contributed by atoms with van der Waals surface area (Å²) in [6, 6.07) is 0. The molecule has 0 fully saturated rings. The van der Waals surface area contributed by atoms with E-state index in [1.807, 2.05) is 48.6 Å². The fourth-order valence-corrected chi connectivity index (χ4v) is 6.44. The fourth-order valence-electron chi connectivity index (χ4n) is 6.44. The molecule has 0 aromatic rings. The van der Waals surface area contributed by atoms with E-state index in [9.17, 15) is 14.4 Å². The summed E-state index contributed by atoms with van der Waals surface area (Å²) in [6.45, 7) is 6.33. The van der Waals surface area contributed by atoms with Crippen molar-refractivity contribution in [3.63, 3.8) is 0 Å². The molecule has 0 heterocycles. The van der Waals surface area contributed by atoms with Gasteiger partial charge in [-0.15, -0.1) is 0 Å². The van der Waals surface area contributed by atoms with E-state index in [4.69, 9.17) is 14.2 Å². The summed E-state index contributed by atoms with van der Waals surface area (Å²) in [7, 11) is 0. The first-order chi connectivity index (χ1) is 29.0. The molecular weight excluding hydrogens is 733 g/mol. The second-order valence-corrected chi connectivity index (χ2v) is 15.7. The van der Waals surface area contributed by atoms with Crippen LogP contribution in [0, 0.1) is 0 Å². The van der Waals surface area contributed by atoms with Gasteiger partial charge in [0.05, 0.1) is 0 Å². The predicted octanol–water partition coefficient (Wildman–Crippen LogP) is 15.6. The Hall–Kier alpha value is -3.41. The molecule has 0 rings (SSSR count). The van der Waals surface area contributed by atoms with Crippen LogP contribution in [0.5, 0.6) is 0 Å². The zero-order valence-corrected chi connectivity index (χ0v) is 38.2. The lowest BCUT2D eigenvalue weighted by molar-refractivity contribution is -0.167. The van der Waals surface area contributed by atoms with Crippen molar-refractivity contribution in [2.24, 2.45) is 0 Å². The molecule has 6 heteroatoms. The molecule has 6 nitrogen and oxygen atoms in total. The molecule has 0 bridgehead atoms. The molecule has 0 aromatic carbocycles. The summed E-state index contributed by atoms with van der Waals surface area (Å²) in [5, 5.41) is 0. The smallest absolute Gasteiger partial charge is 0.306 e. The molecule has 0 aliphatic rings. The van der Waals surface area contributed by atoms with Crippen molar-refractivity contribution in [2.45, 2.75) is 219 Å². The lowest BCUT2D eigenvalue weighted by atomic mass is 10.0. The van der Waals surface area contributed by atoms with E-state index in [1.54, 1.807) is 0 Å². The quantitative estimate of drug-likeness (QED) is 0.0201. The number of allylic oxidation sites excluding steroid dienone is 14. The van der Waals surface area contributed by atoms with Crippen LogP contribution >= 0.6 is 0 Å². The summed E-state index contributed by atoms with van der Waals surface area (Å²) in [6.07, 6.45) is 59.9. The van der Waals surface area contributed by atoms with Crippen LogP contribution in [-0.2, 0) is 28.6 Å². The van der Waals surface area contributed by atoms with Crippen molar-refractivity contribution in [1.82, 2.24) is 0 Å². The Morgan fingerprint density at radius 2 is 0.746 bits per heavy atom. The number of hydrogen-bond donors (Lipinski definition) is 0. The highest BCUT2D eigenvalue weighted by Crippen LogP contribution is 2.14. The molecule has 0 aromatic heterocycles. The molecule has 0 aliphatic heterocycles. The fraction of sp³-hybridized carbons (Fsp3) is 0.679. The Morgan fingerprint density at radius 1 is 0.373 bits per heavy atom. The minimum absolute atomic E-state index is 0.0929. The third-order valence-corrected chi connectivity index (χ3v) is 10.0. The third-order valence-electron chi connectivity index (χ3n) is 10.0. The summed E-state index contributed by atoms with van der Waals surface area (Å²) < 4.78 is 16.7. The summed E-state index contributed by atoms with van der Waals surface area (Å²) in [4.78, 5) is 37.9. The molecule has 1 atom stereocenters. The Bertz CT molecular complexity index is 1170. The molecule has 0 amide bonds. The minimum atomic E-state index is -0.795. The number of ether oxygens (including phenoxy) is 3. The molecule has 59 heavy (non-hydrogen) atoms. The predicted molar refractivity (Wildman–Crippen MR) is 251 cm³/mol. The van der Waals surface area contributed by atoms with E-state index in [-0.39, 0.29) is 31.1 Å². The van der Waals surface area contributed by atoms with Crippen LogP contribution in [0.1, 0.15) is 213 Å². The van der Waals surface area contributed by atoms with E-state index in [1.165, 1.54) is 83.5 Å². The molecule has 0 aliphatic carbocycles. The van der Waals surface area contributed by atoms with E-state index in [0.29, 0.717) is 19.3 Å². The van der Waals surface area contributed by atoms with Gasteiger partial charge in [0.2, 0.25) is 0 Å². The number of carbonyl (C=O) groups excluding carboxylic acids is 3. The van der Waals surface area contributed by atoms with Crippen LogP contribution in [0.15, 0.2) is 85.1 Å². The Kier molecular flexibility index (Phi) is 44.5. The van der Waals surface area contributed by atoms with Gasteiger partial charge in [-0.3, -0.25) is 14.4 Å². The van der Waals surface area contributed by atoms with Crippen molar-refractivity contribution in [3.05, 3.63) is 85.1 Å². The average Bonchev–Trinajstić information content (AvgIpc) is 3.23. The highest BCUT2D eigenvalue weighted by atomic mass is 16.6. The van der Waals surface area contributed by atoms with Crippen LogP contribution < -0.4 is 0 Å². The van der Waals surface area contributed by atoms with Crippen molar-refractivity contribution in [2.75, 3.05) is 13.2 Å². The molecule has 336 valence electrons. The van der Waals surface area contributed by atoms with Gasteiger partial charge < -0.3 is 14.2 Å². The van der Waals surface area contributed by atoms with Crippen LogP contribution in [-0.4, -0.2) is 37.2 Å². The van der Waals surface area contributed by atoms with E-state index in [0.717, 1.165) is 89.9 Å². The van der Waals surface area contributed by atoms with E-state index in [2.05, 4.69) is 57.2 Å². The van der Waals surface area contributed by atoms with Crippen molar-refractivity contribution < 1.29 is 28.6 Å². The highest BCUT2D eigenvalue weighted by Gasteiger charge is 2.19. The lowest BCUT2D eigenvalue weighted by Crippen LogP contribution is -2.30. The lowest BCUT2D eigenvalue weighted by Gasteiger charge is -2.18. The number of esters is 3. The zero-order valence-electron chi connectivity index (χ0n) is 38.2. The van der Waals surface area contributed by atoms with Gasteiger partial charge in [0.15, 0.2) is 6.10 Å². The number of unbranched alkanes of at least 4 members (excludes halogenated alkanes) is 21. The topological polar surface area (TPSA) is 78.9 Å². The van der Waals surface area contributed by atoms with Crippen molar-refractivity contribution in [3.8, 4) is 0 Å². The summed E-state index contributed by atoms with van der Waals surface area (Å²) >= 11 is 0. The van der Waals surface area contributed by atoms with Crippen LogP contribution in [0.4, 0.5) is 0 Å². The molecule has 0 N–H and O–H groups in total. The van der Waals surface area contributed by atoms with Crippen LogP contribution in [0.2, 0.25) is 0 Å². The van der Waals surface area contributed by atoms with Gasteiger partial charge >= 0.3 is 17.9 Å². The van der Waals surface area contributed by atoms with Crippen molar-refractivity contribution >= 4 is 17.9 Å². The highest BCUT2D eigenvalue weighted by molar-refractivity contribution is 5.71. The largest absolute Gasteiger partial charge is 0.462 e. The molecule has 1 unspecified atom stereocenters. The van der Waals surface area contributed by atoms with Gasteiger partial charge in [0.1, 0.15) is 13.2 Å². The van der Waals surface area contributed by atoms with Gasteiger partial charge in [0, 0.05) is 19.3 Å². The van der Waals surface area contributed by atoms with Gasteiger partial charge in [-0.1, -0.05) is 215 Å². The Labute approximate surface area is 363 Å². The first-order valence-electron chi connectivity index (χ1n) is 24.2. The molecule has 0 spiro atoms. The normalized spacial score (nSPS) is 12.8. The Morgan fingerprint density at radius 3 is 1.24 bits per heavy atom. The monoisotopic (exact) mass is 821 g/mol. The summed E-state index contributed by atoms with van der Waals surface area (Å²) in [5.41, 5.74) is 0. The maximum absolute atomic E-state index is 12.8. The molecule has 0 radical (unpaired) electrons. The zero-order chi connectivity index (χ0) is 43.0. The average molecular weight is 821 g/mol. The van der Waals surface area contributed by atoms with E-state index < -0.39 is 6.10 Å². The Balaban J connectivity index is 4.48. The first-order valence-corrected chi connectivity index (χ1v) is 24.2. The summed E-state index contributed by atoms with van der Waals surface area (Å²) in [5.74, 6) is -0.948. The van der Waals surface area contributed by atoms with E-state index >= 15 is 0 Å². The second-order valence-electron chi connectivity index (χ2n) is 15.7. The van der Waals surface area contributed by atoms with Gasteiger partial charge in [0.25, 0.3) is 0 Å². The van der Waals surface area contributed by atoms with Gasteiger partial charge in [-0.2, -0.15) is 0 Å².